The maximum absolute atomic E-state index is 13.9. The molecule has 2 amide bonds. The molecule has 0 aromatic heterocycles. The van der Waals surface area contributed by atoms with E-state index in [0.717, 1.165) is 31.4 Å². The highest BCUT2D eigenvalue weighted by Crippen LogP contribution is 2.30. The van der Waals surface area contributed by atoms with Gasteiger partial charge in [0.05, 0.1) is 16.1 Å². The first-order chi connectivity index (χ1) is 18.2. The molecule has 2 aliphatic heterocycles. The van der Waals surface area contributed by atoms with E-state index in [2.05, 4.69) is 48.3 Å². The van der Waals surface area contributed by atoms with E-state index in [1.807, 2.05) is 23.1 Å². The molecule has 2 aliphatic rings. The average molecular weight is 560 g/mol. The van der Waals surface area contributed by atoms with Crippen molar-refractivity contribution in [2.24, 2.45) is 11.7 Å². The number of nitrogens with zero attached hydrogens (tertiary/aromatic N) is 2. The summed E-state index contributed by atoms with van der Waals surface area (Å²) < 4.78 is 0. The van der Waals surface area contributed by atoms with Crippen molar-refractivity contribution in [2.75, 3.05) is 19.6 Å². The highest BCUT2D eigenvalue weighted by atomic mass is 35.5. The van der Waals surface area contributed by atoms with Gasteiger partial charge in [0.2, 0.25) is 11.8 Å². The molecular formula is C30H40Cl2N4O2. The molecule has 1 unspecified atom stereocenters. The van der Waals surface area contributed by atoms with Crippen molar-refractivity contribution < 1.29 is 9.59 Å². The SMILES string of the molecule is CC(C)C[C@H](C(=O)NCCc1ccc(Cl)c(Cl)c1)N1CCC(CCc2ccccc2)N2C[C@H](N)C[C@H]2C1=O. The second kappa shape index (κ2) is 13.3. The number of benzene rings is 2. The lowest BCUT2D eigenvalue weighted by Gasteiger charge is -2.33. The van der Waals surface area contributed by atoms with Gasteiger partial charge < -0.3 is 16.0 Å². The Kier molecular flexibility index (Phi) is 10.1. The smallest absolute Gasteiger partial charge is 0.242 e. The first-order valence-corrected chi connectivity index (χ1v) is 14.6. The molecule has 2 aromatic rings. The number of hydrogen-bond donors (Lipinski definition) is 2. The molecule has 2 fully saturated rings. The van der Waals surface area contributed by atoms with Crippen molar-refractivity contribution in [1.29, 1.82) is 0 Å². The molecule has 0 saturated carbocycles. The van der Waals surface area contributed by atoms with E-state index >= 15 is 0 Å². The van der Waals surface area contributed by atoms with Crippen LogP contribution in [0.25, 0.3) is 0 Å². The third-order valence-electron chi connectivity index (χ3n) is 7.79. The van der Waals surface area contributed by atoms with Gasteiger partial charge in [-0.25, -0.2) is 0 Å². The molecule has 2 aromatic carbocycles. The molecule has 2 heterocycles. The Balaban J connectivity index is 1.45. The van der Waals surface area contributed by atoms with E-state index < -0.39 is 6.04 Å². The number of carbonyl (C=O) groups is 2. The second-order valence-electron chi connectivity index (χ2n) is 11.1. The first-order valence-electron chi connectivity index (χ1n) is 13.8. The van der Waals surface area contributed by atoms with Crippen molar-refractivity contribution in [3.8, 4) is 0 Å². The molecule has 2 saturated heterocycles. The van der Waals surface area contributed by atoms with E-state index in [-0.39, 0.29) is 35.9 Å². The first kappa shape index (κ1) is 28.9. The van der Waals surface area contributed by atoms with Crippen LogP contribution in [-0.2, 0) is 22.4 Å². The zero-order valence-electron chi connectivity index (χ0n) is 22.4. The largest absolute Gasteiger partial charge is 0.354 e. The summed E-state index contributed by atoms with van der Waals surface area (Å²) in [5.74, 6) is 0.224. The Morgan fingerprint density at radius 1 is 1.08 bits per heavy atom. The lowest BCUT2D eigenvalue weighted by atomic mass is 9.99. The summed E-state index contributed by atoms with van der Waals surface area (Å²) >= 11 is 12.2. The van der Waals surface area contributed by atoms with Crippen LogP contribution in [0.4, 0.5) is 0 Å². The maximum atomic E-state index is 13.9. The predicted octanol–water partition coefficient (Wildman–Crippen LogP) is 4.70. The van der Waals surface area contributed by atoms with Crippen LogP contribution in [-0.4, -0.2) is 65.4 Å². The lowest BCUT2D eigenvalue weighted by molar-refractivity contribution is -0.143. The number of hydrogen-bond acceptors (Lipinski definition) is 4. The molecule has 4 atom stereocenters. The van der Waals surface area contributed by atoms with Crippen molar-refractivity contribution in [2.45, 2.75) is 76.5 Å². The van der Waals surface area contributed by atoms with Gasteiger partial charge in [-0.05, 0) is 67.7 Å². The Labute approximate surface area is 236 Å². The van der Waals surface area contributed by atoms with Crippen LogP contribution in [0.1, 0.15) is 50.7 Å². The van der Waals surface area contributed by atoms with E-state index in [1.165, 1.54) is 5.56 Å². The van der Waals surface area contributed by atoms with Crippen molar-refractivity contribution in [3.05, 3.63) is 69.7 Å². The molecular weight excluding hydrogens is 519 g/mol. The number of amides is 2. The van der Waals surface area contributed by atoms with Crippen LogP contribution >= 0.6 is 23.2 Å². The minimum Gasteiger partial charge on any atom is -0.354 e. The molecule has 4 rings (SSSR count). The third kappa shape index (κ3) is 7.29. The summed E-state index contributed by atoms with van der Waals surface area (Å²) in [4.78, 5) is 31.6. The summed E-state index contributed by atoms with van der Waals surface area (Å²) in [6.45, 7) is 5.97. The Morgan fingerprint density at radius 3 is 2.55 bits per heavy atom. The van der Waals surface area contributed by atoms with Crippen molar-refractivity contribution in [3.63, 3.8) is 0 Å². The fraction of sp³-hybridized carbons (Fsp3) is 0.533. The molecule has 0 radical (unpaired) electrons. The van der Waals surface area contributed by atoms with Crippen LogP contribution in [0.15, 0.2) is 48.5 Å². The summed E-state index contributed by atoms with van der Waals surface area (Å²) in [7, 11) is 0. The number of rotatable bonds is 10. The van der Waals surface area contributed by atoms with Gasteiger partial charge in [-0.3, -0.25) is 14.5 Å². The van der Waals surface area contributed by atoms with Crippen LogP contribution in [0.2, 0.25) is 10.0 Å². The fourth-order valence-corrected chi connectivity index (χ4v) is 6.18. The number of nitrogens with two attached hydrogens (primary N) is 1. The molecule has 0 aliphatic carbocycles. The van der Waals surface area contributed by atoms with Crippen LogP contribution in [0, 0.1) is 5.92 Å². The van der Waals surface area contributed by atoms with Gasteiger partial charge in [-0.1, -0.05) is 73.4 Å². The molecule has 206 valence electrons. The van der Waals surface area contributed by atoms with Gasteiger partial charge in [-0.15, -0.1) is 0 Å². The van der Waals surface area contributed by atoms with Gasteiger partial charge >= 0.3 is 0 Å². The molecule has 38 heavy (non-hydrogen) atoms. The van der Waals surface area contributed by atoms with Crippen LogP contribution < -0.4 is 11.1 Å². The monoisotopic (exact) mass is 558 g/mol. The number of carbonyl (C=O) groups excluding carboxylic acids is 2. The van der Waals surface area contributed by atoms with Crippen LogP contribution in [0.3, 0.4) is 0 Å². The van der Waals surface area contributed by atoms with E-state index in [0.29, 0.717) is 42.4 Å². The van der Waals surface area contributed by atoms with E-state index in [9.17, 15) is 9.59 Å². The Bertz CT molecular complexity index is 1100. The zero-order chi connectivity index (χ0) is 27.2. The van der Waals surface area contributed by atoms with Gasteiger partial charge in [0.1, 0.15) is 6.04 Å². The van der Waals surface area contributed by atoms with E-state index in [4.69, 9.17) is 28.9 Å². The van der Waals surface area contributed by atoms with Gasteiger partial charge in [0.25, 0.3) is 0 Å². The highest BCUT2D eigenvalue weighted by Gasteiger charge is 2.45. The predicted molar refractivity (Wildman–Crippen MR) is 154 cm³/mol. The fourth-order valence-electron chi connectivity index (χ4n) is 5.86. The highest BCUT2D eigenvalue weighted by molar-refractivity contribution is 6.42. The molecule has 6 nitrogen and oxygen atoms in total. The quantitative estimate of drug-likeness (QED) is 0.443. The number of aryl methyl sites for hydroxylation is 1. The Hall–Kier alpha value is -2.12. The molecule has 0 spiro atoms. The summed E-state index contributed by atoms with van der Waals surface area (Å²) in [6, 6.07) is 15.5. The van der Waals surface area contributed by atoms with Crippen molar-refractivity contribution >= 4 is 35.0 Å². The zero-order valence-corrected chi connectivity index (χ0v) is 23.9. The molecule has 8 heteroatoms. The standard InChI is InChI=1S/C30H40Cl2N4O2/c1-20(2)16-27(29(37)34-14-12-22-9-11-25(31)26(32)17-22)35-15-13-24(10-8-21-6-4-3-5-7-21)36-19-23(33)18-28(36)30(35)38/h3-7,9,11,17,20,23-24,27-28H,8,10,12-16,18-19,33H2,1-2H3,(H,34,37)/t23-,24?,27-,28+/m1/s1. The Morgan fingerprint density at radius 2 is 1.84 bits per heavy atom. The average Bonchev–Trinajstić information content (AvgIpc) is 3.23. The number of nitrogens with one attached hydrogen (secondary N) is 1. The lowest BCUT2D eigenvalue weighted by Crippen LogP contribution is -2.54. The maximum Gasteiger partial charge on any atom is 0.242 e. The third-order valence-corrected chi connectivity index (χ3v) is 8.53. The summed E-state index contributed by atoms with van der Waals surface area (Å²) in [5, 5.41) is 4.11. The number of halogens is 2. The molecule has 0 bridgehead atoms. The summed E-state index contributed by atoms with van der Waals surface area (Å²) in [6.07, 6.45) is 4.68. The van der Waals surface area contributed by atoms with Gasteiger partial charge in [-0.2, -0.15) is 0 Å². The second-order valence-corrected chi connectivity index (χ2v) is 12.0. The van der Waals surface area contributed by atoms with E-state index in [1.54, 1.807) is 6.07 Å². The van der Waals surface area contributed by atoms with Gasteiger partial charge in [0, 0.05) is 31.7 Å². The minimum absolute atomic E-state index is 0.0216. The number of fused-ring (bicyclic) bond motifs is 1. The minimum atomic E-state index is -0.497. The van der Waals surface area contributed by atoms with Crippen molar-refractivity contribution in [1.82, 2.24) is 15.1 Å². The van der Waals surface area contributed by atoms with Crippen LogP contribution in [0.5, 0.6) is 0 Å². The van der Waals surface area contributed by atoms with Gasteiger partial charge in [0.15, 0.2) is 0 Å². The molecule has 3 N–H and O–H groups in total. The topological polar surface area (TPSA) is 78.7 Å². The summed E-state index contributed by atoms with van der Waals surface area (Å²) in [5.41, 5.74) is 8.68. The normalized spacial score (nSPS) is 22.8.